The highest BCUT2D eigenvalue weighted by Gasteiger charge is 2.00. The van der Waals surface area contributed by atoms with Crippen molar-refractivity contribution in [3.63, 3.8) is 0 Å². The van der Waals surface area contributed by atoms with Crippen LogP contribution in [0.5, 0.6) is 0 Å². The molecule has 5 heteroatoms. The van der Waals surface area contributed by atoms with E-state index in [1.165, 1.54) is 0 Å². The van der Waals surface area contributed by atoms with E-state index in [9.17, 15) is 9.59 Å². The molecule has 86 valence electrons. The van der Waals surface area contributed by atoms with Gasteiger partial charge in [0.1, 0.15) is 0 Å². The minimum atomic E-state index is -0.242. The third-order valence-electron chi connectivity index (χ3n) is 1.96. The van der Waals surface area contributed by atoms with Gasteiger partial charge in [0.05, 0.1) is 6.54 Å². The van der Waals surface area contributed by atoms with Gasteiger partial charge < -0.3 is 16.0 Å². The van der Waals surface area contributed by atoms with Crippen LogP contribution in [0.4, 0.5) is 5.69 Å². The molecule has 16 heavy (non-hydrogen) atoms. The molecule has 0 aliphatic rings. The van der Waals surface area contributed by atoms with E-state index in [4.69, 9.17) is 0 Å². The highest BCUT2D eigenvalue weighted by atomic mass is 16.2. The number of rotatable bonds is 6. The molecule has 0 aliphatic carbocycles. The maximum absolute atomic E-state index is 11.2. The van der Waals surface area contributed by atoms with Crippen molar-refractivity contribution < 1.29 is 9.59 Å². The van der Waals surface area contributed by atoms with E-state index in [1.807, 2.05) is 31.3 Å². The predicted octanol–water partition coefficient (Wildman–Crippen LogP) is 0.0905. The molecule has 5 nitrogen and oxygen atoms in total. The topological polar surface area (TPSA) is 70.2 Å². The summed E-state index contributed by atoms with van der Waals surface area (Å²) >= 11 is 0. The van der Waals surface area contributed by atoms with E-state index in [2.05, 4.69) is 16.0 Å². The van der Waals surface area contributed by atoms with Gasteiger partial charge in [-0.05, 0) is 24.7 Å². The van der Waals surface area contributed by atoms with Crippen LogP contribution in [0.1, 0.15) is 5.56 Å². The van der Waals surface area contributed by atoms with E-state index < -0.39 is 0 Å². The van der Waals surface area contributed by atoms with Crippen LogP contribution < -0.4 is 16.0 Å². The van der Waals surface area contributed by atoms with Crippen molar-refractivity contribution in [2.45, 2.75) is 6.54 Å². The van der Waals surface area contributed by atoms with E-state index in [0.717, 1.165) is 17.8 Å². The molecule has 2 amide bonds. The molecular formula is C11H15N3O2. The average Bonchev–Trinajstić information content (AvgIpc) is 2.29. The lowest BCUT2D eigenvalue weighted by Gasteiger charge is -2.05. The fourth-order valence-corrected chi connectivity index (χ4v) is 1.25. The Morgan fingerprint density at radius 3 is 2.56 bits per heavy atom. The van der Waals surface area contributed by atoms with Gasteiger partial charge in [-0.25, -0.2) is 0 Å². The van der Waals surface area contributed by atoms with Gasteiger partial charge in [-0.1, -0.05) is 12.1 Å². The molecule has 0 fully saturated rings. The highest BCUT2D eigenvalue weighted by Crippen LogP contribution is 2.08. The first-order valence-electron chi connectivity index (χ1n) is 4.96. The van der Waals surface area contributed by atoms with E-state index in [1.54, 1.807) is 0 Å². The van der Waals surface area contributed by atoms with Gasteiger partial charge in [0.2, 0.25) is 12.3 Å². The normalized spacial score (nSPS) is 9.56. The summed E-state index contributed by atoms with van der Waals surface area (Å²) in [6.07, 6.45) is 0.496. The Kier molecular flexibility index (Phi) is 5.01. The zero-order valence-corrected chi connectivity index (χ0v) is 9.12. The molecule has 0 atom stereocenters. The van der Waals surface area contributed by atoms with Crippen molar-refractivity contribution in [1.29, 1.82) is 0 Å². The molecular weight excluding hydrogens is 206 g/mol. The fraction of sp³-hybridized carbons (Fsp3) is 0.273. The molecule has 0 radical (unpaired) electrons. The minimum absolute atomic E-state index is 0.0121. The van der Waals surface area contributed by atoms with Gasteiger partial charge in [-0.3, -0.25) is 9.59 Å². The van der Waals surface area contributed by atoms with Crippen LogP contribution in [0.15, 0.2) is 24.3 Å². The van der Waals surface area contributed by atoms with Crippen molar-refractivity contribution >= 4 is 18.0 Å². The number of benzene rings is 1. The fourth-order valence-electron chi connectivity index (χ4n) is 1.25. The Labute approximate surface area is 94.2 Å². The molecule has 3 N–H and O–H groups in total. The number of hydrogen-bond acceptors (Lipinski definition) is 3. The summed E-state index contributed by atoms with van der Waals surface area (Å²) in [5, 5.41) is 8.00. The third-order valence-corrected chi connectivity index (χ3v) is 1.96. The standard InChI is InChI=1S/C11H15N3O2/c1-12-6-9-2-4-10(5-3-9)14-11(16)7-13-8-15/h2-5,8,12H,6-7H2,1H3,(H,13,15)(H,14,16). The van der Waals surface area contributed by atoms with Crippen molar-refractivity contribution in [2.75, 3.05) is 18.9 Å². The molecule has 0 unspecified atom stereocenters. The van der Waals surface area contributed by atoms with E-state index >= 15 is 0 Å². The molecule has 0 bridgehead atoms. The first-order valence-corrected chi connectivity index (χ1v) is 4.96. The van der Waals surface area contributed by atoms with Gasteiger partial charge in [0.25, 0.3) is 0 Å². The average molecular weight is 221 g/mol. The van der Waals surface area contributed by atoms with E-state index in [0.29, 0.717) is 6.41 Å². The summed E-state index contributed by atoms with van der Waals surface area (Å²) in [6.45, 7) is 0.780. The summed E-state index contributed by atoms with van der Waals surface area (Å²) in [5.41, 5.74) is 1.86. The summed E-state index contributed by atoms with van der Waals surface area (Å²) in [7, 11) is 1.88. The molecule has 0 saturated carbocycles. The van der Waals surface area contributed by atoms with Crippen molar-refractivity contribution in [3.05, 3.63) is 29.8 Å². The van der Waals surface area contributed by atoms with Crippen LogP contribution in [-0.2, 0) is 16.1 Å². The Bertz CT molecular complexity index is 349. The number of carbonyl (C=O) groups is 2. The molecule has 0 heterocycles. The van der Waals surface area contributed by atoms with Crippen molar-refractivity contribution in [1.82, 2.24) is 10.6 Å². The minimum Gasteiger partial charge on any atom is -0.350 e. The van der Waals surface area contributed by atoms with Crippen LogP contribution in [-0.4, -0.2) is 25.9 Å². The number of carbonyl (C=O) groups excluding carboxylic acids is 2. The van der Waals surface area contributed by atoms with Gasteiger partial charge >= 0.3 is 0 Å². The Morgan fingerprint density at radius 1 is 1.31 bits per heavy atom. The van der Waals surface area contributed by atoms with Gasteiger partial charge in [0.15, 0.2) is 0 Å². The predicted molar refractivity (Wildman–Crippen MR) is 61.9 cm³/mol. The summed E-state index contributed by atoms with van der Waals surface area (Å²) < 4.78 is 0. The zero-order valence-electron chi connectivity index (χ0n) is 9.12. The SMILES string of the molecule is CNCc1ccc(NC(=O)CNC=O)cc1. The smallest absolute Gasteiger partial charge is 0.243 e. The molecule has 0 saturated heterocycles. The Morgan fingerprint density at radius 2 is 2.00 bits per heavy atom. The molecule has 0 aromatic heterocycles. The molecule has 1 rings (SSSR count). The Balaban J connectivity index is 2.48. The second kappa shape index (κ2) is 6.58. The molecule has 1 aromatic carbocycles. The van der Waals surface area contributed by atoms with Crippen LogP contribution in [0.3, 0.4) is 0 Å². The van der Waals surface area contributed by atoms with Gasteiger partial charge in [-0.2, -0.15) is 0 Å². The van der Waals surface area contributed by atoms with Crippen molar-refractivity contribution in [3.8, 4) is 0 Å². The van der Waals surface area contributed by atoms with Crippen LogP contribution in [0, 0.1) is 0 Å². The summed E-state index contributed by atoms with van der Waals surface area (Å²) in [6, 6.07) is 7.51. The first-order chi connectivity index (χ1) is 7.76. The number of hydrogen-bond donors (Lipinski definition) is 3. The highest BCUT2D eigenvalue weighted by molar-refractivity contribution is 5.93. The lowest BCUT2D eigenvalue weighted by atomic mass is 10.2. The number of nitrogens with one attached hydrogen (secondary N) is 3. The molecule has 1 aromatic rings. The maximum Gasteiger partial charge on any atom is 0.243 e. The lowest BCUT2D eigenvalue weighted by molar-refractivity contribution is -0.118. The van der Waals surface area contributed by atoms with Gasteiger partial charge in [0, 0.05) is 12.2 Å². The second-order valence-electron chi connectivity index (χ2n) is 3.27. The number of amides is 2. The quantitative estimate of drug-likeness (QED) is 0.596. The number of anilines is 1. The largest absolute Gasteiger partial charge is 0.350 e. The van der Waals surface area contributed by atoms with Crippen LogP contribution >= 0.6 is 0 Å². The van der Waals surface area contributed by atoms with Gasteiger partial charge in [-0.15, -0.1) is 0 Å². The van der Waals surface area contributed by atoms with Crippen LogP contribution in [0.25, 0.3) is 0 Å². The van der Waals surface area contributed by atoms with Crippen molar-refractivity contribution in [2.24, 2.45) is 0 Å². The monoisotopic (exact) mass is 221 g/mol. The molecule has 0 aliphatic heterocycles. The maximum atomic E-state index is 11.2. The molecule has 0 spiro atoms. The second-order valence-corrected chi connectivity index (χ2v) is 3.27. The summed E-state index contributed by atoms with van der Waals surface area (Å²) in [5.74, 6) is -0.242. The van der Waals surface area contributed by atoms with E-state index in [-0.39, 0.29) is 12.5 Å². The summed E-state index contributed by atoms with van der Waals surface area (Å²) in [4.78, 5) is 21.2. The zero-order chi connectivity index (χ0) is 11.8. The van der Waals surface area contributed by atoms with Crippen LogP contribution in [0.2, 0.25) is 0 Å². The third kappa shape index (κ3) is 4.10. The lowest BCUT2D eigenvalue weighted by Crippen LogP contribution is -2.26. The first kappa shape index (κ1) is 12.2. The Hall–Kier alpha value is -1.88.